The van der Waals surface area contributed by atoms with Gasteiger partial charge in [-0.05, 0) is 54.1 Å². The number of amides is 1. The van der Waals surface area contributed by atoms with E-state index in [-0.39, 0.29) is 16.8 Å². The molecule has 0 aliphatic carbocycles. The van der Waals surface area contributed by atoms with Crippen LogP contribution < -0.4 is 10.3 Å². The standard InChI is InChI=1S/C23H11BrCl3NO3/c24-12-2-1-3-14(9-12)28-20(11-4-6-16(26)17(27)8-11)19-21(29)15-10-13(25)5-7-18(15)31-22(19)23(28)30/h1-10,20H. The first kappa shape index (κ1) is 20.6. The van der Waals surface area contributed by atoms with Crippen LogP contribution in [0.15, 0.2) is 74.3 Å². The van der Waals surface area contributed by atoms with Gasteiger partial charge in [0.05, 0.1) is 27.0 Å². The van der Waals surface area contributed by atoms with Crippen LogP contribution >= 0.6 is 50.7 Å². The Morgan fingerprint density at radius 3 is 2.45 bits per heavy atom. The van der Waals surface area contributed by atoms with Gasteiger partial charge in [-0.1, -0.05) is 62.9 Å². The van der Waals surface area contributed by atoms with Gasteiger partial charge in [-0.2, -0.15) is 0 Å². The summed E-state index contributed by atoms with van der Waals surface area (Å²) in [5.41, 5.74) is 1.45. The van der Waals surface area contributed by atoms with E-state index in [4.69, 9.17) is 39.2 Å². The van der Waals surface area contributed by atoms with Gasteiger partial charge in [0.2, 0.25) is 5.76 Å². The first-order valence-corrected chi connectivity index (χ1v) is 11.1. The smallest absolute Gasteiger partial charge is 0.295 e. The topological polar surface area (TPSA) is 50.5 Å². The Kier molecular flexibility index (Phi) is 5.10. The molecule has 4 aromatic rings. The van der Waals surface area contributed by atoms with Gasteiger partial charge in [-0.15, -0.1) is 0 Å². The Hall–Kier alpha value is -2.31. The minimum Gasteiger partial charge on any atom is -0.450 e. The van der Waals surface area contributed by atoms with Crippen molar-refractivity contribution < 1.29 is 9.21 Å². The summed E-state index contributed by atoms with van der Waals surface area (Å²) in [6, 6.07) is 16.3. The second-order valence-corrected chi connectivity index (χ2v) is 9.21. The number of hydrogen-bond acceptors (Lipinski definition) is 3. The predicted octanol–water partition coefficient (Wildman–Crippen LogP) is 7.27. The highest BCUT2D eigenvalue weighted by Crippen LogP contribution is 2.43. The molecule has 0 spiro atoms. The van der Waals surface area contributed by atoms with E-state index in [9.17, 15) is 9.59 Å². The van der Waals surface area contributed by atoms with Crippen molar-refractivity contribution in [2.24, 2.45) is 0 Å². The molecule has 1 aliphatic heterocycles. The molecule has 0 fully saturated rings. The summed E-state index contributed by atoms with van der Waals surface area (Å²) in [6.07, 6.45) is 0. The minimum atomic E-state index is -0.744. The van der Waals surface area contributed by atoms with Crippen molar-refractivity contribution in [3.05, 3.63) is 107 Å². The number of carbonyl (C=O) groups excluding carboxylic acids is 1. The molecule has 1 unspecified atom stereocenters. The molecule has 0 saturated carbocycles. The van der Waals surface area contributed by atoms with Gasteiger partial charge < -0.3 is 4.42 Å². The number of rotatable bonds is 2. The summed E-state index contributed by atoms with van der Waals surface area (Å²) in [5, 5.41) is 1.41. The van der Waals surface area contributed by atoms with E-state index < -0.39 is 11.9 Å². The zero-order valence-corrected chi connectivity index (χ0v) is 19.4. The van der Waals surface area contributed by atoms with Crippen LogP contribution in [-0.2, 0) is 0 Å². The maximum Gasteiger partial charge on any atom is 0.295 e. The van der Waals surface area contributed by atoms with Crippen LogP contribution in [0.25, 0.3) is 11.0 Å². The molecule has 4 nitrogen and oxygen atoms in total. The Bertz CT molecular complexity index is 1450. The minimum absolute atomic E-state index is 0.00382. The molecule has 1 atom stereocenters. The Labute approximate surface area is 200 Å². The Balaban J connectivity index is 1.84. The van der Waals surface area contributed by atoms with Gasteiger partial charge in [-0.3, -0.25) is 14.5 Å². The molecule has 0 saturated heterocycles. The van der Waals surface area contributed by atoms with E-state index in [1.165, 1.54) is 4.90 Å². The molecule has 1 aromatic heterocycles. The van der Waals surface area contributed by atoms with Crippen LogP contribution in [0.1, 0.15) is 27.7 Å². The van der Waals surface area contributed by atoms with Crippen LogP contribution in [0.5, 0.6) is 0 Å². The molecule has 3 aromatic carbocycles. The molecule has 2 heterocycles. The van der Waals surface area contributed by atoms with Crippen LogP contribution in [-0.4, -0.2) is 5.91 Å². The van der Waals surface area contributed by atoms with Crippen molar-refractivity contribution in [3.63, 3.8) is 0 Å². The Morgan fingerprint density at radius 2 is 1.71 bits per heavy atom. The summed E-state index contributed by atoms with van der Waals surface area (Å²) < 4.78 is 6.71. The lowest BCUT2D eigenvalue weighted by atomic mass is 9.98. The van der Waals surface area contributed by atoms with Crippen LogP contribution in [0, 0.1) is 0 Å². The SMILES string of the molecule is O=C1c2oc3ccc(Cl)cc3c(=O)c2C(c2ccc(Cl)c(Cl)c2)N1c1cccc(Br)c1. The quantitative estimate of drug-likeness (QED) is 0.271. The van der Waals surface area contributed by atoms with Gasteiger partial charge in [0.15, 0.2) is 5.43 Å². The monoisotopic (exact) mass is 533 g/mol. The molecule has 0 bridgehead atoms. The lowest BCUT2D eigenvalue weighted by molar-refractivity contribution is 0.0971. The van der Waals surface area contributed by atoms with E-state index in [1.54, 1.807) is 48.5 Å². The molecule has 0 radical (unpaired) electrons. The third-order valence-electron chi connectivity index (χ3n) is 5.18. The van der Waals surface area contributed by atoms with Gasteiger partial charge in [0.25, 0.3) is 5.91 Å². The molecular formula is C23H11BrCl3NO3. The highest BCUT2D eigenvalue weighted by atomic mass is 79.9. The van der Waals surface area contributed by atoms with Gasteiger partial charge in [0, 0.05) is 15.2 Å². The lowest BCUT2D eigenvalue weighted by Crippen LogP contribution is -2.29. The number of halogens is 4. The molecule has 8 heteroatoms. The van der Waals surface area contributed by atoms with E-state index in [2.05, 4.69) is 15.9 Å². The van der Waals surface area contributed by atoms with Gasteiger partial charge >= 0.3 is 0 Å². The third-order valence-corrected chi connectivity index (χ3v) is 6.65. The average Bonchev–Trinajstić information content (AvgIpc) is 3.03. The summed E-state index contributed by atoms with van der Waals surface area (Å²) in [4.78, 5) is 28.6. The maximum atomic E-state index is 13.5. The third kappa shape index (κ3) is 3.37. The molecule has 1 aliphatic rings. The van der Waals surface area contributed by atoms with Crippen molar-refractivity contribution in [2.75, 3.05) is 4.90 Å². The van der Waals surface area contributed by atoms with E-state index >= 15 is 0 Å². The van der Waals surface area contributed by atoms with Crippen LogP contribution in [0.4, 0.5) is 5.69 Å². The molecule has 5 rings (SSSR count). The number of anilines is 1. The molecule has 1 amide bonds. The molecule has 31 heavy (non-hydrogen) atoms. The fourth-order valence-corrected chi connectivity index (χ4v) is 4.70. The van der Waals surface area contributed by atoms with Crippen LogP contribution in [0.2, 0.25) is 15.1 Å². The first-order chi connectivity index (χ1) is 14.8. The van der Waals surface area contributed by atoms with Crippen LogP contribution in [0.3, 0.4) is 0 Å². The fourth-order valence-electron chi connectivity index (χ4n) is 3.84. The van der Waals surface area contributed by atoms with E-state index in [0.29, 0.717) is 37.3 Å². The average molecular weight is 536 g/mol. The number of hydrogen-bond donors (Lipinski definition) is 0. The second-order valence-electron chi connectivity index (χ2n) is 7.05. The van der Waals surface area contributed by atoms with Gasteiger partial charge in [0.1, 0.15) is 5.58 Å². The summed E-state index contributed by atoms with van der Waals surface area (Å²) in [7, 11) is 0. The maximum absolute atomic E-state index is 13.5. The highest BCUT2D eigenvalue weighted by molar-refractivity contribution is 9.10. The number of carbonyl (C=O) groups is 1. The van der Waals surface area contributed by atoms with Crippen molar-refractivity contribution >= 4 is 73.3 Å². The summed E-state index contributed by atoms with van der Waals surface area (Å²) in [6.45, 7) is 0. The largest absolute Gasteiger partial charge is 0.450 e. The number of benzene rings is 3. The predicted molar refractivity (Wildman–Crippen MR) is 127 cm³/mol. The lowest BCUT2D eigenvalue weighted by Gasteiger charge is -2.25. The van der Waals surface area contributed by atoms with Gasteiger partial charge in [-0.25, -0.2) is 0 Å². The summed E-state index contributed by atoms with van der Waals surface area (Å²) >= 11 is 21.9. The van der Waals surface area contributed by atoms with Crippen molar-refractivity contribution in [1.29, 1.82) is 0 Å². The van der Waals surface area contributed by atoms with Crippen molar-refractivity contribution in [2.45, 2.75) is 6.04 Å². The fraction of sp³-hybridized carbons (Fsp3) is 0.0435. The highest BCUT2D eigenvalue weighted by Gasteiger charge is 2.43. The summed E-state index contributed by atoms with van der Waals surface area (Å²) in [5.74, 6) is -0.422. The van der Waals surface area contributed by atoms with Crippen molar-refractivity contribution in [1.82, 2.24) is 0 Å². The van der Waals surface area contributed by atoms with E-state index in [1.807, 2.05) is 12.1 Å². The normalized spacial score (nSPS) is 15.5. The molecular weight excluding hydrogens is 525 g/mol. The number of fused-ring (bicyclic) bond motifs is 2. The molecule has 0 N–H and O–H groups in total. The van der Waals surface area contributed by atoms with E-state index in [0.717, 1.165) is 4.47 Å². The zero-order chi connectivity index (χ0) is 21.9. The number of nitrogens with zero attached hydrogens (tertiary/aromatic N) is 1. The van der Waals surface area contributed by atoms with Crippen molar-refractivity contribution in [3.8, 4) is 0 Å². The zero-order valence-electron chi connectivity index (χ0n) is 15.5. The first-order valence-electron chi connectivity index (χ1n) is 9.15. The second kappa shape index (κ2) is 7.68. The molecule has 154 valence electrons. The Morgan fingerprint density at radius 1 is 0.903 bits per heavy atom.